The molecule has 2 aromatic rings. The molecule has 0 saturated carbocycles. The van der Waals surface area contributed by atoms with E-state index in [1.54, 1.807) is 7.11 Å². The molecule has 1 aromatic carbocycles. The van der Waals surface area contributed by atoms with E-state index in [0.29, 0.717) is 5.89 Å². The number of oxazole rings is 1. The first-order chi connectivity index (χ1) is 6.70. The van der Waals surface area contributed by atoms with Crippen LogP contribution in [0.25, 0.3) is 11.1 Å². The summed E-state index contributed by atoms with van der Waals surface area (Å²) in [5.41, 5.74) is 1.50. The van der Waals surface area contributed by atoms with E-state index < -0.39 is 0 Å². The first-order valence-corrected chi connectivity index (χ1v) is 4.73. The molecule has 0 bridgehead atoms. The Balaban J connectivity index is 2.54. The number of benzene rings is 1. The topological polar surface area (TPSA) is 35.3 Å². The maximum absolute atomic E-state index is 5.86. The van der Waals surface area contributed by atoms with Gasteiger partial charge in [-0.1, -0.05) is 0 Å². The van der Waals surface area contributed by atoms with Crippen LogP contribution in [0.1, 0.15) is 18.2 Å². The second kappa shape index (κ2) is 3.50. The van der Waals surface area contributed by atoms with Gasteiger partial charge >= 0.3 is 0 Å². The van der Waals surface area contributed by atoms with E-state index in [-0.39, 0.29) is 5.38 Å². The molecule has 0 aliphatic carbocycles. The van der Waals surface area contributed by atoms with Crippen LogP contribution in [0, 0.1) is 0 Å². The summed E-state index contributed by atoms with van der Waals surface area (Å²) in [4.78, 5) is 4.24. The maximum Gasteiger partial charge on any atom is 0.213 e. The van der Waals surface area contributed by atoms with Crippen molar-refractivity contribution < 1.29 is 9.15 Å². The highest BCUT2D eigenvalue weighted by atomic mass is 35.5. The standard InChI is InChI=1S/C10H10ClNO2/c1-6(11)10-12-8-5-7(13-2)3-4-9(8)14-10/h3-6H,1-2H3. The van der Waals surface area contributed by atoms with Gasteiger partial charge in [0, 0.05) is 6.07 Å². The van der Waals surface area contributed by atoms with E-state index >= 15 is 0 Å². The van der Waals surface area contributed by atoms with Crippen molar-refractivity contribution in [2.45, 2.75) is 12.3 Å². The maximum atomic E-state index is 5.86. The number of alkyl halides is 1. The molecular weight excluding hydrogens is 202 g/mol. The van der Waals surface area contributed by atoms with Gasteiger partial charge in [-0.2, -0.15) is 0 Å². The third kappa shape index (κ3) is 1.55. The Labute approximate surface area is 86.6 Å². The normalized spacial score (nSPS) is 13.1. The van der Waals surface area contributed by atoms with E-state index in [9.17, 15) is 0 Å². The molecule has 0 amide bonds. The summed E-state index contributed by atoms with van der Waals surface area (Å²) >= 11 is 5.86. The van der Waals surface area contributed by atoms with Crippen molar-refractivity contribution in [1.82, 2.24) is 4.98 Å². The van der Waals surface area contributed by atoms with Crippen molar-refractivity contribution in [3.63, 3.8) is 0 Å². The smallest absolute Gasteiger partial charge is 0.213 e. The lowest BCUT2D eigenvalue weighted by molar-refractivity contribution is 0.415. The summed E-state index contributed by atoms with van der Waals surface area (Å²) < 4.78 is 10.5. The van der Waals surface area contributed by atoms with Crippen molar-refractivity contribution in [2.75, 3.05) is 7.11 Å². The number of halogens is 1. The Bertz CT molecular complexity index is 450. The van der Waals surface area contributed by atoms with Crippen LogP contribution in [0.4, 0.5) is 0 Å². The van der Waals surface area contributed by atoms with Gasteiger partial charge in [0.1, 0.15) is 16.6 Å². The summed E-state index contributed by atoms with van der Waals surface area (Å²) in [5.74, 6) is 1.30. The fraction of sp³-hybridized carbons (Fsp3) is 0.300. The van der Waals surface area contributed by atoms with Crippen LogP contribution < -0.4 is 4.74 Å². The van der Waals surface area contributed by atoms with Gasteiger partial charge in [-0.25, -0.2) is 4.98 Å². The molecule has 3 nitrogen and oxygen atoms in total. The van der Waals surface area contributed by atoms with E-state index in [2.05, 4.69) is 4.98 Å². The fourth-order valence-corrected chi connectivity index (χ4v) is 1.32. The molecule has 4 heteroatoms. The Morgan fingerprint density at radius 2 is 2.29 bits per heavy atom. The van der Waals surface area contributed by atoms with Gasteiger partial charge in [0.2, 0.25) is 5.89 Å². The Hall–Kier alpha value is -1.22. The van der Waals surface area contributed by atoms with Gasteiger partial charge in [-0.15, -0.1) is 11.6 Å². The van der Waals surface area contributed by atoms with Crippen molar-refractivity contribution in [3.8, 4) is 5.75 Å². The van der Waals surface area contributed by atoms with Gasteiger partial charge in [0.05, 0.1) is 7.11 Å². The van der Waals surface area contributed by atoms with Crippen LogP contribution >= 0.6 is 11.6 Å². The van der Waals surface area contributed by atoms with Crippen LogP contribution in [0.15, 0.2) is 22.6 Å². The van der Waals surface area contributed by atoms with Gasteiger partial charge < -0.3 is 9.15 Å². The summed E-state index contributed by atoms with van der Waals surface area (Å²) in [5, 5.41) is -0.214. The predicted octanol–water partition coefficient (Wildman–Crippen LogP) is 3.14. The quantitative estimate of drug-likeness (QED) is 0.716. The van der Waals surface area contributed by atoms with Gasteiger partial charge in [-0.05, 0) is 19.1 Å². The largest absolute Gasteiger partial charge is 0.497 e. The van der Waals surface area contributed by atoms with Crippen LogP contribution in [0.2, 0.25) is 0 Å². The molecule has 0 aliphatic heterocycles. The van der Waals surface area contributed by atoms with Gasteiger partial charge in [0.15, 0.2) is 5.58 Å². The second-order valence-corrected chi connectivity index (χ2v) is 3.66. The molecule has 14 heavy (non-hydrogen) atoms. The number of aromatic nitrogens is 1. The minimum Gasteiger partial charge on any atom is -0.497 e. The monoisotopic (exact) mass is 211 g/mol. The Morgan fingerprint density at radius 1 is 1.50 bits per heavy atom. The fourth-order valence-electron chi connectivity index (χ4n) is 1.22. The number of nitrogens with zero attached hydrogens (tertiary/aromatic N) is 1. The van der Waals surface area contributed by atoms with Gasteiger partial charge in [0.25, 0.3) is 0 Å². The number of methoxy groups -OCH3 is 1. The minimum absolute atomic E-state index is 0.214. The third-order valence-corrected chi connectivity index (χ3v) is 2.14. The van der Waals surface area contributed by atoms with Crippen molar-refractivity contribution >= 4 is 22.7 Å². The molecule has 2 rings (SSSR count). The van der Waals surface area contributed by atoms with E-state index in [1.807, 2.05) is 25.1 Å². The number of hydrogen-bond donors (Lipinski definition) is 0. The summed E-state index contributed by atoms with van der Waals surface area (Å²) in [7, 11) is 1.62. The molecule has 0 fully saturated rings. The number of ether oxygens (including phenoxy) is 1. The molecule has 1 atom stereocenters. The predicted molar refractivity (Wildman–Crippen MR) is 54.8 cm³/mol. The number of hydrogen-bond acceptors (Lipinski definition) is 3. The molecule has 0 aliphatic rings. The number of fused-ring (bicyclic) bond motifs is 1. The molecule has 1 unspecified atom stereocenters. The zero-order valence-electron chi connectivity index (χ0n) is 7.95. The lowest BCUT2D eigenvalue weighted by atomic mass is 10.3. The lowest BCUT2D eigenvalue weighted by Crippen LogP contribution is -1.82. The van der Waals surface area contributed by atoms with Crippen LogP contribution in [-0.2, 0) is 0 Å². The highest BCUT2D eigenvalue weighted by Gasteiger charge is 2.10. The summed E-state index contributed by atoms with van der Waals surface area (Å²) in [6, 6.07) is 5.47. The van der Waals surface area contributed by atoms with Crippen LogP contribution in [-0.4, -0.2) is 12.1 Å². The molecule has 0 spiro atoms. The van der Waals surface area contributed by atoms with E-state index in [0.717, 1.165) is 16.8 Å². The van der Waals surface area contributed by atoms with E-state index in [1.165, 1.54) is 0 Å². The molecule has 0 N–H and O–H groups in total. The van der Waals surface area contributed by atoms with Crippen molar-refractivity contribution in [1.29, 1.82) is 0 Å². The van der Waals surface area contributed by atoms with Crippen LogP contribution in [0.3, 0.4) is 0 Å². The zero-order chi connectivity index (χ0) is 10.1. The third-order valence-electron chi connectivity index (χ3n) is 1.95. The summed E-state index contributed by atoms with van der Waals surface area (Å²) in [6.45, 7) is 1.82. The highest BCUT2D eigenvalue weighted by Crippen LogP contribution is 2.26. The second-order valence-electron chi connectivity index (χ2n) is 3.00. The lowest BCUT2D eigenvalue weighted by Gasteiger charge is -1.95. The molecule has 0 radical (unpaired) electrons. The zero-order valence-corrected chi connectivity index (χ0v) is 8.71. The molecule has 0 saturated heterocycles. The minimum atomic E-state index is -0.214. The molecule has 74 valence electrons. The van der Waals surface area contributed by atoms with Crippen LogP contribution in [0.5, 0.6) is 5.75 Å². The summed E-state index contributed by atoms with van der Waals surface area (Å²) in [6.07, 6.45) is 0. The Kier molecular flexibility index (Phi) is 2.33. The first kappa shape index (κ1) is 9.34. The average Bonchev–Trinajstić information content (AvgIpc) is 2.59. The van der Waals surface area contributed by atoms with Gasteiger partial charge in [-0.3, -0.25) is 0 Å². The van der Waals surface area contributed by atoms with Crippen molar-refractivity contribution in [2.24, 2.45) is 0 Å². The SMILES string of the molecule is COc1ccc2oc(C(C)Cl)nc2c1. The van der Waals surface area contributed by atoms with E-state index in [4.69, 9.17) is 20.8 Å². The average molecular weight is 212 g/mol. The molecule has 1 heterocycles. The molecular formula is C10H10ClNO2. The highest BCUT2D eigenvalue weighted by molar-refractivity contribution is 6.20. The van der Waals surface area contributed by atoms with Crippen molar-refractivity contribution in [3.05, 3.63) is 24.1 Å². The molecule has 1 aromatic heterocycles. The number of rotatable bonds is 2. The Morgan fingerprint density at radius 3 is 2.93 bits per heavy atom. The first-order valence-electron chi connectivity index (χ1n) is 4.29.